The van der Waals surface area contributed by atoms with E-state index in [0.29, 0.717) is 12.0 Å². The van der Waals surface area contributed by atoms with Crippen LogP contribution in [0.1, 0.15) is 37.1 Å². The number of carbonyl (C=O) groups excluding carboxylic acids is 1. The SMILES string of the molecule is CC(c1ccccc1F)N(C(=O)Cc1csc2nccn12)C1CC1. The predicted octanol–water partition coefficient (Wildman–Crippen LogP) is 3.83. The Morgan fingerprint density at radius 2 is 2.25 bits per heavy atom. The van der Waals surface area contributed by atoms with Crippen molar-refractivity contribution >= 4 is 22.2 Å². The van der Waals surface area contributed by atoms with Crippen LogP contribution in [-0.4, -0.2) is 26.2 Å². The Labute approximate surface area is 143 Å². The molecule has 1 aromatic carbocycles. The molecule has 4 rings (SSSR count). The molecule has 1 unspecified atom stereocenters. The number of hydrogen-bond acceptors (Lipinski definition) is 3. The van der Waals surface area contributed by atoms with Gasteiger partial charge in [0.2, 0.25) is 5.91 Å². The zero-order valence-electron chi connectivity index (χ0n) is 13.4. The lowest BCUT2D eigenvalue weighted by Gasteiger charge is -2.30. The average Bonchev–Trinajstić information content (AvgIpc) is 3.15. The van der Waals surface area contributed by atoms with E-state index in [2.05, 4.69) is 4.98 Å². The van der Waals surface area contributed by atoms with Gasteiger partial charge in [-0.1, -0.05) is 18.2 Å². The lowest BCUT2D eigenvalue weighted by Crippen LogP contribution is -2.37. The van der Waals surface area contributed by atoms with Crippen LogP contribution in [0, 0.1) is 5.82 Å². The normalized spacial score (nSPS) is 15.6. The molecular formula is C18H18FN3OS. The van der Waals surface area contributed by atoms with E-state index in [1.807, 2.05) is 33.9 Å². The molecule has 6 heteroatoms. The van der Waals surface area contributed by atoms with Gasteiger partial charge in [-0.3, -0.25) is 9.20 Å². The van der Waals surface area contributed by atoms with Crippen molar-refractivity contribution in [2.75, 3.05) is 0 Å². The van der Waals surface area contributed by atoms with Gasteiger partial charge in [0, 0.05) is 35.1 Å². The van der Waals surface area contributed by atoms with Crippen molar-refractivity contribution in [1.82, 2.24) is 14.3 Å². The average molecular weight is 343 g/mol. The third-order valence-electron chi connectivity index (χ3n) is 4.55. The van der Waals surface area contributed by atoms with Gasteiger partial charge in [-0.05, 0) is 25.8 Å². The van der Waals surface area contributed by atoms with Crippen molar-refractivity contribution in [2.45, 2.75) is 38.3 Å². The van der Waals surface area contributed by atoms with E-state index < -0.39 is 0 Å². The number of amides is 1. The van der Waals surface area contributed by atoms with Gasteiger partial charge in [0.1, 0.15) is 5.82 Å². The minimum absolute atomic E-state index is 0.0432. The monoisotopic (exact) mass is 343 g/mol. The summed E-state index contributed by atoms with van der Waals surface area (Å²) in [7, 11) is 0. The third-order valence-corrected chi connectivity index (χ3v) is 5.45. The molecule has 1 atom stereocenters. The van der Waals surface area contributed by atoms with Gasteiger partial charge >= 0.3 is 0 Å². The lowest BCUT2D eigenvalue weighted by atomic mass is 10.1. The quantitative estimate of drug-likeness (QED) is 0.706. The van der Waals surface area contributed by atoms with Gasteiger partial charge in [-0.2, -0.15) is 0 Å². The fourth-order valence-corrected chi connectivity index (χ4v) is 4.05. The fraction of sp³-hybridized carbons (Fsp3) is 0.333. The van der Waals surface area contributed by atoms with Crippen molar-refractivity contribution in [1.29, 1.82) is 0 Å². The van der Waals surface area contributed by atoms with Gasteiger partial charge in [0.25, 0.3) is 0 Å². The van der Waals surface area contributed by atoms with Crippen LogP contribution in [-0.2, 0) is 11.2 Å². The second kappa shape index (κ2) is 6.02. The van der Waals surface area contributed by atoms with Crippen molar-refractivity contribution in [3.63, 3.8) is 0 Å². The number of carbonyl (C=O) groups is 1. The first kappa shape index (κ1) is 15.3. The molecule has 1 fully saturated rings. The smallest absolute Gasteiger partial charge is 0.229 e. The molecule has 0 N–H and O–H groups in total. The molecule has 1 aliphatic rings. The van der Waals surface area contributed by atoms with E-state index in [1.165, 1.54) is 17.4 Å². The Kier molecular flexibility index (Phi) is 3.84. The van der Waals surface area contributed by atoms with Crippen molar-refractivity contribution in [2.24, 2.45) is 0 Å². The predicted molar refractivity (Wildman–Crippen MR) is 91.5 cm³/mol. The highest BCUT2D eigenvalue weighted by atomic mass is 32.1. The van der Waals surface area contributed by atoms with E-state index in [1.54, 1.807) is 18.3 Å². The summed E-state index contributed by atoms with van der Waals surface area (Å²) in [6, 6.07) is 6.68. The molecule has 2 aromatic heterocycles. The number of thiazole rings is 1. The molecule has 0 aliphatic heterocycles. The van der Waals surface area contributed by atoms with Gasteiger partial charge in [-0.25, -0.2) is 9.37 Å². The minimum atomic E-state index is -0.261. The van der Waals surface area contributed by atoms with E-state index in [-0.39, 0.29) is 23.8 Å². The number of rotatable bonds is 5. The Balaban J connectivity index is 1.60. The molecular weight excluding hydrogens is 325 g/mol. The van der Waals surface area contributed by atoms with E-state index in [0.717, 1.165) is 23.5 Å². The maximum Gasteiger partial charge on any atom is 0.229 e. The molecule has 4 nitrogen and oxygen atoms in total. The van der Waals surface area contributed by atoms with Crippen LogP contribution in [0.5, 0.6) is 0 Å². The van der Waals surface area contributed by atoms with Crippen molar-refractivity contribution < 1.29 is 9.18 Å². The summed E-state index contributed by atoms with van der Waals surface area (Å²) >= 11 is 1.53. The Morgan fingerprint density at radius 3 is 3.00 bits per heavy atom. The highest BCUT2D eigenvalue weighted by Crippen LogP contribution is 2.35. The summed E-state index contributed by atoms with van der Waals surface area (Å²) in [6.07, 6.45) is 5.91. The number of hydrogen-bond donors (Lipinski definition) is 0. The largest absolute Gasteiger partial charge is 0.333 e. The van der Waals surface area contributed by atoms with Crippen LogP contribution in [0.15, 0.2) is 42.0 Å². The molecule has 24 heavy (non-hydrogen) atoms. The lowest BCUT2D eigenvalue weighted by molar-refractivity contribution is -0.133. The summed E-state index contributed by atoms with van der Waals surface area (Å²) in [5.74, 6) is -0.211. The van der Waals surface area contributed by atoms with Crippen LogP contribution in [0.2, 0.25) is 0 Å². The maximum absolute atomic E-state index is 14.1. The molecule has 1 saturated carbocycles. The zero-order valence-corrected chi connectivity index (χ0v) is 14.2. The summed E-state index contributed by atoms with van der Waals surface area (Å²) in [5, 5.41) is 1.97. The fourth-order valence-electron chi connectivity index (χ4n) is 3.20. The van der Waals surface area contributed by atoms with Crippen LogP contribution in [0.4, 0.5) is 4.39 Å². The maximum atomic E-state index is 14.1. The molecule has 2 heterocycles. The molecule has 1 aliphatic carbocycles. The Morgan fingerprint density at radius 1 is 1.46 bits per heavy atom. The van der Waals surface area contributed by atoms with E-state index in [4.69, 9.17) is 0 Å². The van der Waals surface area contributed by atoms with Crippen LogP contribution < -0.4 is 0 Å². The van der Waals surface area contributed by atoms with E-state index >= 15 is 0 Å². The number of benzene rings is 1. The number of fused-ring (bicyclic) bond motifs is 1. The molecule has 3 aromatic rings. The second-order valence-corrected chi connectivity index (χ2v) is 7.05. The molecule has 0 spiro atoms. The Bertz CT molecular complexity index is 883. The first-order chi connectivity index (χ1) is 11.6. The van der Waals surface area contributed by atoms with Gasteiger partial charge in [0.05, 0.1) is 12.5 Å². The summed E-state index contributed by atoms with van der Waals surface area (Å²) in [4.78, 5) is 19.9. The van der Waals surface area contributed by atoms with Crippen molar-refractivity contribution in [3.05, 3.63) is 59.1 Å². The number of aromatic nitrogens is 2. The highest BCUT2D eigenvalue weighted by Gasteiger charge is 2.37. The first-order valence-corrected chi connectivity index (χ1v) is 8.98. The number of imidazole rings is 1. The summed E-state index contributed by atoms with van der Waals surface area (Å²) < 4.78 is 16.1. The first-order valence-electron chi connectivity index (χ1n) is 8.10. The van der Waals surface area contributed by atoms with Gasteiger partial charge in [0.15, 0.2) is 4.96 Å². The van der Waals surface area contributed by atoms with Crippen molar-refractivity contribution in [3.8, 4) is 0 Å². The van der Waals surface area contributed by atoms with Crippen LogP contribution in [0.3, 0.4) is 0 Å². The molecule has 1 amide bonds. The third kappa shape index (κ3) is 2.71. The number of halogens is 1. The Hall–Kier alpha value is -2.21. The topological polar surface area (TPSA) is 37.6 Å². The summed E-state index contributed by atoms with van der Waals surface area (Å²) in [5.41, 5.74) is 1.51. The van der Waals surface area contributed by atoms with Crippen LogP contribution in [0.25, 0.3) is 4.96 Å². The van der Waals surface area contributed by atoms with E-state index in [9.17, 15) is 9.18 Å². The van der Waals surface area contributed by atoms with Gasteiger partial charge in [-0.15, -0.1) is 11.3 Å². The molecule has 0 saturated heterocycles. The second-order valence-electron chi connectivity index (χ2n) is 6.21. The summed E-state index contributed by atoms with van der Waals surface area (Å²) in [6.45, 7) is 1.91. The zero-order chi connectivity index (χ0) is 16.7. The standard InChI is InChI=1S/C18H18FN3OS/c1-12(15-4-2-3-5-16(15)19)22(13-6-7-13)17(23)10-14-11-24-18-20-8-9-21(14)18/h2-5,8-9,11-13H,6-7,10H2,1H3. The molecule has 124 valence electrons. The molecule has 0 bridgehead atoms. The number of nitrogens with zero attached hydrogens (tertiary/aromatic N) is 3. The van der Waals surface area contributed by atoms with Crippen LogP contribution >= 0.6 is 11.3 Å². The highest BCUT2D eigenvalue weighted by molar-refractivity contribution is 7.15. The minimum Gasteiger partial charge on any atom is -0.333 e. The van der Waals surface area contributed by atoms with Gasteiger partial charge < -0.3 is 4.90 Å². The molecule has 0 radical (unpaired) electrons.